The highest BCUT2D eigenvalue weighted by atomic mass is 16.2. The first-order valence-corrected chi connectivity index (χ1v) is 8.43. The molecule has 2 aromatic rings. The molecule has 0 unspecified atom stereocenters. The molecule has 3 heteroatoms. The molecule has 3 nitrogen and oxygen atoms in total. The zero-order chi connectivity index (χ0) is 15.7. The average Bonchev–Trinajstić information content (AvgIpc) is 2.91. The molecule has 1 spiro atoms. The van der Waals surface area contributed by atoms with Crippen molar-refractivity contribution in [2.24, 2.45) is 0 Å². The molecular weight excluding hydrogens is 284 g/mol. The number of amides is 1. The Bertz CT molecular complexity index is 705. The topological polar surface area (TPSA) is 32.3 Å². The molecule has 4 rings (SSSR count). The summed E-state index contributed by atoms with van der Waals surface area (Å²) >= 11 is 0. The second-order valence-corrected chi connectivity index (χ2v) is 6.69. The maximum atomic E-state index is 12.9. The Morgan fingerprint density at radius 3 is 2.48 bits per heavy atom. The molecule has 0 aliphatic carbocycles. The number of piperidine rings is 1. The van der Waals surface area contributed by atoms with Crippen molar-refractivity contribution in [3.63, 3.8) is 0 Å². The summed E-state index contributed by atoms with van der Waals surface area (Å²) in [4.78, 5) is 14.9. The van der Waals surface area contributed by atoms with Gasteiger partial charge in [0.25, 0.3) is 0 Å². The second kappa shape index (κ2) is 5.82. The van der Waals surface area contributed by atoms with Gasteiger partial charge in [0, 0.05) is 17.6 Å². The van der Waals surface area contributed by atoms with Gasteiger partial charge in [-0.25, -0.2) is 0 Å². The highest BCUT2D eigenvalue weighted by Crippen LogP contribution is 2.46. The van der Waals surface area contributed by atoms with Crippen molar-refractivity contribution in [3.05, 3.63) is 65.7 Å². The fourth-order valence-electron chi connectivity index (χ4n) is 4.05. The molecule has 23 heavy (non-hydrogen) atoms. The second-order valence-electron chi connectivity index (χ2n) is 6.69. The predicted molar refractivity (Wildman–Crippen MR) is 92.7 cm³/mol. The molecule has 2 aliphatic heterocycles. The summed E-state index contributed by atoms with van der Waals surface area (Å²) in [6.45, 7) is 2.91. The van der Waals surface area contributed by atoms with Crippen LogP contribution in [0.25, 0.3) is 0 Å². The molecule has 1 amide bonds. The Morgan fingerprint density at radius 2 is 1.70 bits per heavy atom. The maximum absolute atomic E-state index is 12.9. The Balaban J connectivity index is 1.64. The Hall–Kier alpha value is -2.13. The molecule has 0 atom stereocenters. The molecule has 0 aromatic heterocycles. The number of benzene rings is 2. The first-order chi connectivity index (χ1) is 11.3. The van der Waals surface area contributed by atoms with Gasteiger partial charge >= 0.3 is 0 Å². The van der Waals surface area contributed by atoms with Crippen molar-refractivity contribution in [1.29, 1.82) is 0 Å². The predicted octanol–water partition coefficient (Wildman–Crippen LogP) is 2.90. The van der Waals surface area contributed by atoms with Gasteiger partial charge in [-0.1, -0.05) is 48.5 Å². The summed E-state index contributed by atoms with van der Waals surface area (Å²) in [5, 5.41) is 3.45. The molecular formula is C20H22N2O. The van der Waals surface area contributed by atoms with Crippen LogP contribution in [0.4, 0.5) is 5.69 Å². The van der Waals surface area contributed by atoms with E-state index in [1.165, 1.54) is 5.56 Å². The maximum Gasteiger partial charge on any atom is 0.231 e. The number of fused-ring (bicyclic) bond motifs is 2. The summed E-state index contributed by atoms with van der Waals surface area (Å²) in [7, 11) is 0. The molecule has 1 N–H and O–H groups in total. The number of nitrogens with one attached hydrogen (secondary N) is 1. The molecule has 1 fully saturated rings. The van der Waals surface area contributed by atoms with E-state index in [0.717, 1.165) is 43.7 Å². The van der Waals surface area contributed by atoms with Crippen LogP contribution in [0.15, 0.2) is 54.6 Å². The van der Waals surface area contributed by atoms with Gasteiger partial charge < -0.3 is 10.2 Å². The fraction of sp³-hybridized carbons (Fsp3) is 0.350. The molecule has 2 heterocycles. The number of nitrogens with zero attached hydrogens (tertiary/aromatic N) is 1. The summed E-state index contributed by atoms with van der Waals surface area (Å²) in [6.07, 6.45) is 2.70. The third-order valence-electron chi connectivity index (χ3n) is 5.29. The number of rotatable bonds is 2. The zero-order valence-electron chi connectivity index (χ0n) is 13.3. The number of para-hydroxylation sites is 1. The van der Waals surface area contributed by atoms with Gasteiger partial charge in [0.05, 0.1) is 6.42 Å². The van der Waals surface area contributed by atoms with Crippen LogP contribution in [0.2, 0.25) is 0 Å². The number of hydrogen-bond donors (Lipinski definition) is 1. The van der Waals surface area contributed by atoms with Gasteiger partial charge in [0.15, 0.2) is 0 Å². The van der Waals surface area contributed by atoms with E-state index in [9.17, 15) is 4.79 Å². The number of carbonyl (C=O) groups excluding carboxylic acids is 1. The van der Waals surface area contributed by atoms with E-state index >= 15 is 0 Å². The summed E-state index contributed by atoms with van der Waals surface area (Å²) in [6, 6.07) is 18.5. The Morgan fingerprint density at radius 1 is 1.00 bits per heavy atom. The van der Waals surface area contributed by atoms with Crippen molar-refractivity contribution in [1.82, 2.24) is 5.32 Å². The highest BCUT2D eigenvalue weighted by molar-refractivity contribution is 5.97. The van der Waals surface area contributed by atoms with E-state index in [2.05, 4.69) is 23.5 Å². The quantitative estimate of drug-likeness (QED) is 0.925. The number of hydrogen-bond acceptors (Lipinski definition) is 2. The monoisotopic (exact) mass is 306 g/mol. The van der Waals surface area contributed by atoms with Crippen LogP contribution >= 0.6 is 0 Å². The summed E-state index contributed by atoms with van der Waals surface area (Å²) < 4.78 is 0. The third kappa shape index (κ3) is 2.55. The van der Waals surface area contributed by atoms with E-state index < -0.39 is 0 Å². The van der Waals surface area contributed by atoms with E-state index in [-0.39, 0.29) is 11.3 Å². The third-order valence-corrected chi connectivity index (χ3v) is 5.29. The van der Waals surface area contributed by atoms with Crippen LogP contribution in [0.1, 0.15) is 24.0 Å². The van der Waals surface area contributed by atoms with Crippen molar-refractivity contribution in [2.75, 3.05) is 24.5 Å². The standard InChI is InChI=1S/C20H22N2O/c23-19(14-16-6-2-1-3-7-16)22-15-20(10-12-21-13-11-20)17-8-4-5-9-18(17)22/h1-9,21H,10-15H2. The van der Waals surface area contributed by atoms with E-state index in [4.69, 9.17) is 0 Å². The van der Waals surface area contributed by atoms with E-state index in [1.54, 1.807) is 0 Å². The minimum atomic E-state index is 0.147. The lowest BCUT2D eigenvalue weighted by Crippen LogP contribution is -2.44. The zero-order valence-corrected chi connectivity index (χ0v) is 13.3. The van der Waals surface area contributed by atoms with Gasteiger partial charge in [0.2, 0.25) is 5.91 Å². The highest BCUT2D eigenvalue weighted by Gasteiger charge is 2.44. The first-order valence-electron chi connectivity index (χ1n) is 8.43. The van der Waals surface area contributed by atoms with Crippen LogP contribution in [0.5, 0.6) is 0 Å². The first kappa shape index (κ1) is 14.5. The fourth-order valence-corrected chi connectivity index (χ4v) is 4.05. The molecule has 0 bridgehead atoms. The van der Waals surface area contributed by atoms with Gasteiger partial charge in [-0.3, -0.25) is 4.79 Å². The molecule has 0 saturated carbocycles. The Labute approximate surface area is 137 Å². The minimum absolute atomic E-state index is 0.147. The van der Waals surface area contributed by atoms with Crippen molar-refractivity contribution >= 4 is 11.6 Å². The average molecular weight is 306 g/mol. The van der Waals surface area contributed by atoms with Crippen LogP contribution in [0.3, 0.4) is 0 Å². The van der Waals surface area contributed by atoms with Crippen molar-refractivity contribution in [2.45, 2.75) is 24.7 Å². The lowest BCUT2D eigenvalue weighted by atomic mass is 9.75. The lowest BCUT2D eigenvalue weighted by Gasteiger charge is -2.34. The summed E-state index contributed by atoms with van der Waals surface area (Å²) in [5.74, 6) is 0.207. The number of anilines is 1. The van der Waals surface area contributed by atoms with Crippen LogP contribution in [0, 0.1) is 0 Å². The van der Waals surface area contributed by atoms with Gasteiger partial charge in [-0.2, -0.15) is 0 Å². The van der Waals surface area contributed by atoms with Crippen molar-refractivity contribution in [3.8, 4) is 0 Å². The van der Waals surface area contributed by atoms with E-state index in [0.29, 0.717) is 6.42 Å². The lowest BCUT2D eigenvalue weighted by molar-refractivity contribution is -0.118. The molecule has 2 aliphatic rings. The minimum Gasteiger partial charge on any atom is -0.317 e. The van der Waals surface area contributed by atoms with Crippen LogP contribution in [-0.4, -0.2) is 25.5 Å². The van der Waals surface area contributed by atoms with Gasteiger partial charge in [0.1, 0.15) is 0 Å². The van der Waals surface area contributed by atoms with Crippen molar-refractivity contribution < 1.29 is 4.79 Å². The number of carbonyl (C=O) groups is 1. The molecule has 1 saturated heterocycles. The molecule has 0 radical (unpaired) electrons. The van der Waals surface area contributed by atoms with Crippen LogP contribution < -0.4 is 10.2 Å². The SMILES string of the molecule is O=C(Cc1ccccc1)N1CC2(CCNCC2)c2ccccc21. The van der Waals surface area contributed by atoms with Crippen LogP contribution in [-0.2, 0) is 16.6 Å². The normalized spacial score (nSPS) is 18.9. The molecule has 118 valence electrons. The Kier molecular flexibility index (Phi) is 3.66. The smallest absolute Gasteiger partial charge is 0.231 e. The van der Waals surface area contributed by atoms with E-state index in [1.807, 2.05) is 41.3 Å². The molecule has 2 aromatic carbocycles. The van der Waals surface area contributed by atoms with Gasteiger partial charge in [-0.15, -0.1) is 0 Å². The van der Waals surface area contributed by atoms with Gasteiger partial charge in [-0.05, 0) is 43.1 Å². The summed E-state index contributed by atoms with van der Waals surface area (Å²) in [5.41, 5.74) is 3.72. The largest absolute Gasteiger partial charge is 0.317 e.